The lowest BCUT2D eigenvalue weighted by molar-refractivity contribution is -0.173. The van der Waals surface area contributed by atoms with E-state index in [1.807, 2.05) is 24.3 Å². The number of nitrogens with zero attached hydrogens (tertiary/aromatic N) is 3. The highest BCUT2D eigenvalue weighted by Crippen LogP contribution is 2.52. The van der Waals surface area contributed by atoms with Crippen molar-refractivity contribution in [3.05, 3.63) is 47.5 Å². The smallest absolute Gasteiger partial charge is 0.314 e. The van der Waals surface area contributed by atoms with E-state index in [2.05, 4.69) is 10.1 Å². The molecule has 3 rings (SSSR count). The molecule has 1 aliphatic carbocycles. The minimum Gasteiger partial charge on any atom is -0.469 e. The first-order valence-electron chi connectivity index (χ1n) is 8.27. The Hall–Kier alpha value is -1.92. The van der Waals surface area contributed by atoms with Gasteiger partial charge in [-0.15, -0.1) is 0 Å². The normalized spacial score (nSPS) is 28.9. The lowest BCUT2D eigenvalue weighted by atomic mass is 9.71. The van der Waals surface area contributed by atoms with Gasteiger partial charge in [0, 0.05) is 5.02 Å². The molecule has 2 aromatic rings. The maximum atomic E-state index is 12.5. The van der Waals surface area contributed by atoms with E-state index in [1.165, 1.54) is 13.4 Å². The van der Waals surface area contributed by atoms with Crippen LogP contribution in [0.5, 0.6) is 0 Å². The molecular weight excluding hydrogens is 342 g/mol. The van der Waals surface area contributed by atoms with Gasteiger partial charge in [-0.25, -0.2) is 4.98 Å². The minimum absolute atomic E-state index is 0.109. The molecule has 0 aliphatic heterocycles. The lowest BCUT2D eigenvalue weighted by Crippen LogP contribution is -2.54. The summed E-state index contributed by atoms with van der Waals surface area (Å²) in [4.78, 5) is 16.4. The first-order valence-corrected chi connectivity index (χ1v) is 8.64. The van der Waals surface area contributed by atoms with E-state index in [4.69, 9.17) is 16.3 Å². The highest BCUT2D eigenvalue weighted by atomic mass is 35.5. The molecule has 3 atom stereocenters. The number of ether oxygens (including phenoxy) is 1. The predicted molar refractivity (Wildman–Crippen MR) is 93.0 cm³/mol. The maximum absolute atomic E-state index is 12.5. The van der Waals surface area contributed by atoms with Gasteiger partial charge in [0.25, 0.3) is 0 Å². The Balaban J connectivity index is 1.93. The molecule has 1 fully saturated rings. The number of aliphatic hydroxyl groups is 1. The molecular formula is C18H22ClN3O3. The van der Waals surface area contributed by atoms with Gasteiger partial charge in [-0.3, -0.25) is 9.48 Å². The van der Waals surface area contributed by atoms with E-state index in [9.17, 15) is 9.90 Å². The number of methoxy groups -OCH3 is 1. The molecule has 1 aromatic heterocycles. The first kappa shape index (κ1) is 17.9. The van der Waals surface area contributed by atoms with Crippen molar-refractivity contribution in [2.75, 3.05) is 7.11 Å². The van der Waals surface area contributed by atoms with Crippen LogP contribution in [0.15, 0.2) is 36.9 Å². The number of esters is 1. The molecule has 1 saturated carbocycles. The summed E-state index contributed by atoms with van der Waals surface area (Å²) in [5.74, 6) is -0.504. The summed E-state index contributed by atoms with van der Waals surface area (Å²) in [5, 5.41) is 16.4. The molecule has 0 radical (unpaired) electrons. The Morgan fingerprint density at radius 3 is 2.76 bits per heavy atom. The summed E-state index contributed by atoms with van der Waals surface area (Å²) >= 11 is 5.96. The van der Waals surface area contributed by atoms with Gasteiger partial charge in [-0.2, -0.15) is 5.10 Å². The van der Waals surface area contributed by atoms with Crippen LogP contribution in [0, 0.1) is 11.3 Å². The standard InChI is InChI=1S/C18H22ClN3O3/c1-17(16(23)25-2)8-7-14(9-13-3-5-15(19)6-4-13)18(17,24)10-22-12-20-11-21-22/h3-6,11-12,14,24H,7-10H2,1-2H3/t14-,17+,18+/m0/s1. The number of carbonyl (C=O) groups is 1. The van der Waals surface area contributed by atoms with Crippen LogP contribution in [0.3, 0.4) is 0 Å². The van der Waals surface area contributed by atoms with E-state index in [1.54, 1.807) is 17.9 Å². The third-order valence-corrected chi connectivity index (χ3v) is 5.78. The van der Waals surface area contributed by atoms with Crippen molar-refractivity contribution in [1.82, 2.24) is 14.8 Å². The number of rotatable bonds is 5. The van der Waals surface area contributed by atoms with Crippen molar-refractivity contribution in [2.24, 2.45) is 11.3 Å². The van der Waals surface area contributed by atoms with Crippen LogP contribution in [-0.2, 0) is 22.5 Å². The van der Waals surface area contributed by atoms with Crippen molar-refractivity contribution in [2.45, 2.75) is 38.3 Å². The second-order valence-corrected chi connectivity index (χ2v) is 7.34. The van der Waals surface area contributed by atoms with Gasteiger partial charge in [-0.05, 0) is 49.8 Å². The Morgan fingerprint density at radius 1 is 1.44 bits per heavy atom. The van der Waals surface area contributed by atoms with Crippen molar-refractivity contribution in [3.8, 4) is 0 Å². The highest BCUT2D eigenvalue weighted by Gasteiger charge is 2.61. The number of halogens is 1. The van der Waals surface area contributed by atoms with E-state index in [0.29, 0.717) is 17.9 Å². The SMILES string of the molecule is COC(=O)[C@@]1(C)CC[C@@H](Cc2ccc(Cl)cc2)[C@]1(O)Cn1cncn1. The second kappa shape index (κ2) is 6.77. The van der Waals surface area contributed by atoms with E-state index in [0.717, 1.165) is 12.0 Å². The van der Waals surface area contributed by atoms with E-state index >= 15 is 0 Å². The molecule has 134 valence electrons. The summed E-state index contributed by atoms with van der Waals surface area (Å²) in [6.45, 7) is 1.97. The van der Waals surface area contributed by atoms with Gasteiger partial charge < -0.3 is 9.84 Å². The van der Waals surface area contributed by atoms with Gasteiger partial charge >= 0.3 is 5.97 Å². The predicted octanol–water partition coefficient (Wildman–Crippen LogP) is 2.49. The molecule has 0 saturated heterocycles. The van der Waals surface area contributed by atoms with Crippen LogP contribution in [-0.4, -0.2) is 38.6 Å². The zero-order chi connectivity index (χ0) is 18.1. The largest absolute Gasteiger partial charge is 0.469 e. The van der Waals surface area contributed by atoms with Crippen molar-refractivity contribution in [1.29, 1.82) is 0 Å². The fourth-order valence-electron chi connectivity index (χ4n) is 3.91. The molecule has 25 heavy (non-hydrogen) atoms. The summed E-state index contributed by atoms with van der Waals surface area (Å²) in [7, 11) is 1.36. The fourth-order valence-corrected chi connectivity index (χ4v) is 4.04. The molecule has 7 heteroatoms. The van der Waals surface area contributed by atoms with Crippen molar-refractivity contribution < 1.29 is 14.6 Å². The van der Waals surface area contributed by atoms with Gasteiger partial charge in [0.05, 0.1) is 19.1 Å². The van der Waals surface area contributed by atoms with Crippen molar-refractivity contribution >= 4 is 17.6 Å². The maximum Gasteiger partial charge on any atom is 0.314 e. The van der Waals surface area contributed by atoms with Gasteiger partial charge in [-0.1, -0.05) is 23.7 Å². The topological polar surface area (TPSA) is 77.2 Å². The Kier molecular flexibility index (Phi) is 4.84. The summed E-state index contributed by atoms with van der Waals surface area (Å²) in [6.07, 6.45) is 4.90. The number of benzene rings is 1. The van der Waals surface area contributed by atoms with Gasteiger partial charge in [0.2, 0.25) is 0 Å². The van der Waals surface area contributed by atoms with Gasteiger partial charge in [0.1, 0.15) is 18.3 Å². The Bertz CT molecular complexity index is 735. The van der Waals surface area contributed by atoms with Crippen LogP contribution >= 0.6 is 11.6 Å². The molecule has 0 bridgehead atoms. The average Bonchev–Trinajstić information content (AvgIpc) is 3.19. The molecule has 1 heterocycles. The molecule has 0 amide bonds. The van der Waals surface area contributed by atoms with Crippen LogP contribution in [0.4, 0.5) is 0 Å². The lowest BCUT2D eigenvalue weighted by Gasteiger charge is -2.40. The molecule has 0 unspecified atom stereocenters. The molecule has 1 aliphatic rings. The Labute approximate surface area is 151 Å². The van der Waals surface area contributed by atoms with E-state index in [-0.39, 0.29) is 12.5 Å². The second-order valence-electron chi connectivity index (χ2n) is 6.91. The van der Waals surface area contributed by atoms with Crippen LogP contribution in [0.25, 0.3) is 0 Å². The third-order valence-electron chi connectivity index (χ3n) is 5.52. The first-order chi connectivity index (χ1) is 11.9. The van der Waals surface area contributed by atoms with Crippen LogP contribution in [0.1, 0.15) is 25.3 Å². The monoisotopic (exact) mass is 363 g/mol. The quantitative estimate of drug-likeness (QED) is 0.826. The zero-order valence-electron chi connectivity index (χ0n) is 14.4. The molecule has 1 aromatic carbocycles. The average molecular weight is 364 g/mol. The molecule has 6 nitrogen and oxygen atoms in total. The fraction of sp³-hybridized carbons (Fsp3) is 0.500. The highest BCUT2D eigenvalue weighted by molar-refractivity contribution is 6.30. The summed E-state index contributed by atoms with van der Waals surface area (Å²) < 4.78 is 6.58. The van der Waals surface area contributed by atoms with E-state index < -0.39 is 17.0 Å². The van der Waals surface area contributed by atoms with Crippen LogP contribution < -0.4 is 0 Å². The third kappa shape index (κ3) is 3.16. The zero-order valence-corrected chi connectivity index (χ0v) is 15.1. The summed E-state index contributed by atoms with van der Waals surface area (Å²) in [5.41, 5.74) is -1.21. The number of hydrogen-bond acceptors (Lipinski definition) is 5. The molecule has 0 spiro atoms. The number of carbonyl (C=O) groups excluding carboxylic acids is 1. The number of hydrogen-bond donors (Lipinski definition) is 1. The minimum atomic E-state index is -1.28. The van der Waals surface area contributed by atoms with Gasteiger partial charge in [0.15, 0.2) is 0 Å². The molecule has 1 N–H and O–H groups in total. The van der Waals surface area contributed by atoms with Crippen LogP contribution in [0.2, 0.25) is 5.02 Å². The number of aromatic nitrogens is 3. The summed E-state index contributed by atoms with van der Waals surface area (Å²) in [6, 6.07) is 7.57. The van der Waals surface area contributed by atoms with Crippen molar-refractivity contribution in [3.63, 3.8) is 0 Å². The Morgan fingerprint density at radius 2 is 2.16 bits per heavy atom.